The number of H-pyrrole nitrogens is 2. The van der Waals surface area contributed by atoms with Gasteiger partial charge in [-0.05, 0) is 30.3 Å². The number of pyridine rings is 1. The molecule has 0 bridgehead atoms. The summed E-state index contributed by atoms with van der Waals surface area (Å²) in [5.74, 6) is 0.408. The van der Waals surface area contributed by atoms with Crippen LogP contribution in [0, 0.1) is 0 Å². The van der Waals surface area contributed by atoms with Gasteiger partial charge in [0.2, 0.25) is 6.86 Å². The number of aromatic nitrogens is 4. The van der Waals surface area contributed by atoms with E-state index in [1.165, 1.54) is 0 Å². The summed E-state index contributed by atoms with van der Waals surface area (Å²) >= 11 is 0. The molecule has 7 heteroatoms. The third-order valence-corrected chi connectivity index (χ3v) is 3.87. The molecule has 3 aromatic heterocycles. The fraction of sp³-hybridized carbons (Fsp3) is 0.0588. The Morgan fingerprint density at radius 1 is 1.21 bits per heavy atom. The lowest BCUT2D eigenvalue weighted by molar-refractivity contribution is 0.192. The van der Waals surface area contributed by atoms with Crippen LogP contribution in [0.5, 0.6) is 5.75 Å². The van der Waals surface area contributed by atoms with Gasteiger partial charge in [-0.3, -0.25) is 14.5 Å². The number of hydrogen-bond donors (Lipinski definition) is 2. The number of benzene rings is 1. The van der Waals surface area contributed by atoms with Crippen molar-refractivity contribution in [2.45, 2.75) is 0 Å². The standard InChI is InChI=1S/C17H13FN4O2/c18-10-24-13-3-1-12(2-4-13)22-9-15(11-7-20-21-8-11)14-5-6-19-16(14)17(22)23/h1-9,19H,10H2,(H,20,21). The van der Waals surface area contributed by atoms with E-state index in [2.05, 4.69) is 15.2 Å². The molecular weight excluding hydrogens is 311 g/mol. The third kappa shape index (κ3) is 2.26. The molecule has 0 aliphatic carbocycles. The van der Waals surface area contributed by atoms with Crippen molar-refractivity contribution in [1.82, 2.24) is 19.7 Å². The minimum absolute atomic E-state index is 0.165. The minimum atomic E-state index is -0.891. The van der Waals surface area contributed by atoms with Gasteiger partial charge in [0.25, 0.3) is 5.56 Å². The van der Waals surface area contributed by atoms with Crippen LogP contribution in [0.2, 0.25) is 0 Å². The molecule has 0 amide bonds. The zero-order chi connectivity index (χ0) is 16.5. The van der Waals surface area contributed by atoms with Gasteiger partial charge < -0.3 is 9.72 Å². The molecule has 24 heavy (non-hydrogen) atoms. The Labute approximate surface area is 135 Å². The molecule has 0 atom stereocenters. The Hall–Kier alpha value is -3.35. The van der Waals surface area contributed by atoms with Crippen LogP contribution in [0.25, 0.3) is 27.7 Å². The molecule has 4 rings (SSSR count). The molecule has 0 aliphatic rings. The number of ether oxygens (including phenoxy) is 1. The minimum Gasteiger partial charge on any atom is -0.463 e. The summed E-state index contributed by atoms with van der Waals surface area (Å²) in [6.07, 6.45) is 6.98. The van der Waals surface area contributed by atoms with Gasteiger partial charge in [-0.2, -0.15) is 5.10 Å². The molecule has 0 radical (unpaired) electrons. The molecule has 0 saturated carbocycles. The average molecular weight is 324 g/mol. The SMILES string of the molecule is O=c1c2[nH]ccc2c(-c2cn[nH]c2)cn1-c1ccc(OCF)cc1. The Kier molecular flexibility index (Phi) is 3.38. The Bertz CT molecular complexity index is 1030. The summed E-state index contributed by atoms with van der Waals surface area (Å²) in [4.78, 5) is 15.7. The van der Waals surface area contributed by atoms with Crippen molar-refractivity contribution >= 4 is 10.9 Å². The van der Waals surface area contributed by atoms with Gasteiger partial charge in [0.1, 0.15) is 11.3 Å². The van der Waals surface area contributed by atoms with Gasteiger partial charge in [0.15, 0.2) is 0 Å². The average Bonchev–Trinajstić information content (AvgIpc) is 3.28. The summed E-state index contributed by atoms with van der Waals surface area (Å²) in [5, 5.41) is 7.58. The molecule has 0 spiro atoms. The zero-order valence-electron chi connectivity index (χ0n) is 12.5. The van der Waals surface area contributed by atoms with E-state index in [-0.39, 0.29) is 5.56 Å². The van der Waals surface area contributed by atoms with Gasteiger partial charge in [0.05, 0.1) is 6.20 Å². The van der Waals surface area contributed by atoms with E-state index in [1.54, 1.807) is 53.6 Å². The van der Waals surface area contributed by atoms with Crippen molar-refractivity contribution in [3.63, 3.8) is 0 Å². The van der Waals surface area contributed by atoms with E-state index in [4.69, 9.17) is 4.74 Å². The molecule has 120 valence electrons. The molecule has 0 fully saturated rings. The van der Waals surface area contributed by atoms with Crippen molar-refractivity contribution in [3.8, 4) is 22.6 Å². The summed E-state index contributed by atoms with van der Waals surface area (Å²) in [6.45, 7) is -0.891. The number of rotatable bonds is 4. The highest BCUT2D eigenvalue weighted by molar-refractivity contribution is 5.94. The molecule has 0 aliphatic heterocycles. The van der Waals surface area contributed by atoms with Crippen molar-refractivity contribution in [1.29, 1.82) is 0 Å². The lowest BCUT2D eigenvalue weighted by Crippen LogP contribution is -2.18. The first-order valence-electron chi connectivity index (χ1n) is 7.29. The number of alkyl halides is 1. The molecule has 2 N–H and O–H groups in total. The highest BCUT2D eigenvalue weighted by atomic mass is 19.1. The van der Waals surface area contributed by atoms with Gasteiger partial charge in [-0.15, -0.1) is 0 Å². The number of fused-ring (bicyclic) bond motifs is 1. The summed E-state index contributed by atoms with van der Waals surface area (Å²) in [6, 6.07) is 8.53. The molecule has 0 saturated heterocycles. The van der Waals surface area contributed by atoms with Crippen molar-refractivity contribution in [3.05, 3.63) is 65.5 Å². The van der Waals surface area contributed by atoms with E-state index < -0.39 is 6.86 Å². The van der Waals surface area contributed by atoms with Crippen LogP contribution in [0.3, 0.4) is 0 Å². The second-order valence-corrected chi connectivity index (χ2v) is 5.22. The Morgan fingerprint density at radius 2 is 2.04 bits per heavy atom. The van der Waals surface area contributed by atoms with E-state index in [9.17, 15) is 9.18 Å². The van der Waals surface area contributed by atoms with Crippen molar-refractivity contribution in [2.24, 2.45) is 0 Å². The van der Waals surface area contributed by atoms with Crippen LogP contribution in [-0.2, 0) is 0 Å². The smallest absolute Gasteiger partial charge is 0.279 e. The predicted molar refractivity (Wildman–Crippen MR) is 88.1 cm³/mol. The number of aromatic amines is 2. The fourth-order valence-electron chi connectivity index (χ4n) is 2.73. The maximum atomic E-state index is 12.7. The first-order valence-corrected chi connectivity index (χ1v) is 7.29. The highest BCUT2D eigenvalue weighted by Crippen LogP contribution is 2.26. The zero-order valence-corrected chi connectivity index (χ0v) is 12.5. The van der Waals surface area contributed by atoms with E-state index in [0.29, 0.717) is 17.0 Å². The van der Waals surface area contributed by atoms with Gasteiger partial charge in [-0.25, -0.2) is 4.39 Å². The molecule has 6 nitrogen and oxygen atoms in total. The Morgan fingerprint density at radius 3 is 2.75 bits per heavy atom. The van der Waals surface area contributed by atoms with Crippen LogP contribution in [-0.4, -0.2) is 26.6 Å². The first kappa shape index (κ1) is 14.3. The van der Waals surface area contributed by atoms with Crippen LogP contribution < -0.4 is 10.3 Å². The highest BCUT2D eigenvalue weighted by Gasteiger charge is 2.13. The van der Waals surface area contributed by atoms with Crippen LogP contribution in [0.1, 0.15) is 0 Å². The van der Waals surface area contributed by atoms with Gasteiger partial charge >= 0.3 is 0 Å². The van der Waals surface area contributed by atoms with Crippen LogP contribution in [0.4, 0.5) is 4.39 Å². The number of nitrogens with one attached hydrogen (secondary N) is 2. The molecular formula is C17H13FN4O2. The van der Waals surface area contributed by atoms with Crippen molar-refractivity contribution in [2.75, 3.05) is 6.86 Å². The van der Waals surface area contributed by atoms with E-state index >= 15 is 0 Å². The molecule has 4 aromatic rings. The quantitative estimate of drug-likeness (QED) is 0.606. The summed E-state index contributed by atoms with van der Waals surface area (Å²) in [5.41, 5.74) is 2.76. The normalized spacial score (nSPS) is 11.0. The number of hydrogen-bond acceptors (Lipinski definition) is 3. The Balaban J connectivity index is 1.92. The lowest BCUT2D eigenvalue weighted by atomic mass is 10.1. The predicted octanol–water partition coefficient (Wildman–Crippen LogP) is 3.01. The number of nitrogens with zero attached hydrogens (tertiary/aromatic N) is 2. The van der Waals surface area contributed by atoms with Gasteiger partial charge in [-0.1, -0.05) is 0 Å². The lowest BCUT2D eigenvalue weighted by Gasteiger charge is -2.10. The third-order valence-electron chi connectivity index (χ3n) is 3.87. The molecule has 0 unspecified atom stereocenters. The second kappa shape index (κ2) is 5.69. The van der Waals surface area contributed by atoms with Crippen molar-refractivity contribution < 1.29 is 9.13 Å². The summed E-state index contributed by atoms with van der Waals surface area (Å²) < 4.78 is 18.6. The summed E-state index contributed by atoms with van der Waals surface area (Å²) in [7, 11) is 0. The molecule has 1 aromatic carbocycles. The van der Waals surface area contributed by atoms with Gasteiger partial charge in [0, 0.05) is 40.8 Å². The largest absolute Gasteiger partial charge is 0.463 e. The first-order chi connectivity index (χ1) is 11.8. The molecule has 3 heterocycles. The van der Waals surface area contributed by atoms with Crippen LogP contribution in [0.15, 0.2) is 59.9 Å². The fourth-order valence-corrected chi connectivity index (χ4v) is 2.73. The maximum Gasteiger partial charge on any atom is 0.279 e. The number of halogens is 1. The van der Waals surface area contributed by atoms with Crippen LogP contribution >= 0.6 is 0 Å². The second-order valence-electron chi connectivity index (χ2n) is 5.22. The van der Waals surface area contributed by atoms with E-state index in [0.717, 1.165) is 16.5 Å². The van der Waals surface area contributed by atoms with E-state index in [1.807, 2.05) is 6.07 Å². The monoisotopic (exact) mass is 324 g/mol. The topological polar surface area (TPSA) is 75.7 Å². The maximum absolute atomic E-state index is 12.7.